The van der Waals surface area contributed by atoms with E-state index < -0.39 is 10.0 Å². The third-order valence-electron chi connectivity index (χ3n) is 4.64. The molecule has 1 amide bonds. The number of aryl methyl sites for hydroxylation is 1. The monoisotopic (exact) mass is 387 g/mol. The number of benzene rings is 2. The summed E-state index contributed by atoms with van der Waals surface area (Å²) in [7, 11) is -3.55. The Balaban J connectivity index is 1.48. The predicted molar refractivity (Wildman–Crippen MR) is 107 cm³/mol. The lowest BCUT2D eigenvalue weighted by Gasteiger charge is -2.36. The molecule has 1 fully saturated rings. The number of rotatable bonds is 6. The Hall–Kier alpha value is -2.38. The van der Waals surface area contributed by atoms with Gasteiger partial charge in [-0.3, -0.25) is 4.79 Å². The Kier molecular flexibility index (Phi) is 6.13. The van der Waals surface area contributed by atoms with E-state index in [4.69, 9.17) is 0 Å². The first kappa shape index (κ1) is 19.4. The summed E-state index contributed by atoms with van der Waals surface area (Å²) in [6.45, 7) is 4.39. The first-order chi connectivity index (χ1) is 12.9. The number of piperazine rings is 1. The third kappa shape index (κ3) is 5.55. The van der Waals surface area contributed by atoms with Gasteiger partial charge in [0.25, 0.3) is 0 Å². The molecule has 2 aromatic rings. The van der Waals surface area contributed by atoms with E-state index >= 15 is 0 Å². The Labute approximate surface area is 160 Å². The molecular weight excluding hydrogens is 362 g/mol. The molecule has 0 radical (unpaired) electrons. The van der Waals surface area contributed by atoms with Crippen LogP contribution in [-0.2, 0) is 20.6 Å². The zero-order chi connectivity index (χ0) is 19.3. The summed E-state index contributed by atoms with van der Waals surface area (Å²) in [5.41, 5.74) is 2.87. The molecule has 6 nitrogen and oxygen atoms in total. The Morgan fingerprint density at radius 1 is 1.00 bits per heavy atom. The van der Waals surface area contributed by atoms with Gasteiger partial charge in [-0.25, -0.2) is 13.1 Å². The van der Waals surface area contributed by atoms with E-state index in [0.29, 0.717) is 18.7 Å². The second-order valence-electron chi connectivity index (χ2n) is 6.77. The van der Waals surface area contributed by atoms with Gasteiger partial charge in [-0.2, -0.15) is 0 Å². The zero-order valence-electron chi connectivity index (χ0n) is 15.5. The molecule has 1 saturated heterocycles. The minimum absolute atomic E-state index is 0.121. The van der Waals surface area contributed by atoms with Crippen molar-refractivity contribution < 1.29 is 13.2 Å². The number of nitrogens with zero attached hydrogens (tertiary/aromatic N) is 2. The van der Waals surface area contributed by atoms with Crippen molar-refractivity contribution in [3.63, 3.8) is 0 Å². The van der Waals surface area contributed by atoms with E-state index in [1.54, 1.807) is 11.0 Å². The first-order valence-corrected chi connectivity index (χ1v) is 10.7. The van der Waals surface area contributed by atoms with Crippen LogP contribution in [0.2, 0.25) is 0 Å². The van der Waals surface area contributed by atoms with Crippen LogP contribution < -0.4 is 9.62 Å². The maximum absolute atomic E-state index is 12.4. The zero-order valence-corrected chi connectivity index (χ0v) is 16.3. The molecule has 1 aliphatic heterocycles. The summed E-state index contributed by atoms with van der Waals surface area (Å²) in [6.07, 6.45) is 0. The average Bonchev–Trinajstić information content (AvgIpc) is 2.67. The molecular formula is C20H25N3O3S. The van der Waals surface area contributed by atoms with E-state index in [1.165, 1.54) is 0 Å². The summed E-state index contributed by atoms with van der Waals surface area (Å²) < 4.78 is 26.9. The standard InChI is InChI=1S/C20H25N3O3S/c1-17-6-5-7-18(14-17)16-27(25,26)21-15-20(24)23-12-10-22(11-13-23)19-8-3-2-4-9-19/h2-9,14,21H,10-13,15-16H2,1H3. The van der Waals surface area contributed by atoms with E-state index in [1.807, 2.05) is 43.3 Å². The summed E-state index contributed by atoms with van der Waals surface area (Å²) in [4.78, 5) is 16.3. The number of carbonyl (C=O) groups is 1. The van der Waals surface area contributed by atoms with Crippen LogP contribution in [0.5, 0.6) is 0 Å². The lowest BCUT2D eigenvalue weighted by atomic mass is 10.2. The third-order valence-corrected chi connectivity index (χ3v) is 5.93. The summed E-state index contributed by atoms with van der Waals surface area (Å²) in [5.74, 6) is -0.306. The number of hydrogen-bond acceptors (Lipinski definition) is 4. The highest BCUT2D eigenvalue weighted by atomic mass is 32.2. The van der Waals surface area contributed by atoms with Crippen LogP contribution in [-0.4, -0.2) is 51.9 Å². The van der Waals surface area contributed by atoms with Crippen molar-refractivity contribution in [3.8, 4) is 0 Å². The minimum Gasteiger partial charge on any atom is -0.368 e. The topological polar surface area (TPSA) is 69.7 Å². The van der Waals surface area contributed by atoms with Crippen LogP contribution in [0.4, 0.5) is 5.69 Å². The second-order valence-corrected chi connectivity index (χ2v) is 8.58. The van der Waals surface area contributed by atoms with E-state index in [2.05, 4.69) is 21.8 Å². The summed E-state index contributed by atoms with van der Waals surface area (Å²) >= 11 is 0. The molecule has 0 unspecified atom stereocenters. The lowest BCUT2D eigenvalue weighted by molar-refractivity contribution is -0.130. The summed E-state index contributed by atoms with van der Waals surface area (Å²) in [5, 5.41) is 0. The molecule has 1 N–H and O–H groups in total. The molecule has 0 aromatic heterocycles. The van der Waals surface area contributed by atoms with Gasteiger partial charge in [0.2, 0.25) is 15.9 Å². The minimum atomic E-state index is -3.55. The molecule has 0 saturated carbocycles. The fraction of sp³-hybridized carbons (Fsp3) is 0.350. The smallest absolute Gasteiger partial charge is 0.237 e. The van der Waals surface area contributed by atoms with Crippen LogP contribution in [0, 0.1) is 6.92 Å². The van der Waals surface area contributed by atoms with E-state index in [9.17, 15) is 13.2 Å². The van der Waals surface area contributed by atoms with Crippen molar-refractivity contribution in [2.24, 2.45) is 0 Å². The van der Waals surface area contributed by atoms with E-state index in [0.717, 1.165) is 24.3 Å². The van der Waals surface area contributed by atoms with Gasteiger partial charge in [0.15, 0.2) is 0 Å². The maximum atomic E-state index is 12.4. The number of amides is 1. The van der Waals surface area contributed by atoms with Gasteiger partial charge in [0, 0.05) is 31.9 Å². The first-order valence-electron chi connectivity index (χ1n) is 9.04. The number of sulfonamides is 1. The van der Waals surface area contributed by atoms with Crippen LogP contribution in [0.15, 0.2) is 54.6 Å². The summed E-state index contributed by atoms with van der Waals surface area (Å²) in [6, 6.07) is 17.4. The SMILES string of the molecule is Cc1cccc(CS(=O)(=O)NCC(=O)N2CCN(c3ccccc3)CC2)c1. The van der Waals surface area contributed by atoms with Gasteiger partial charge in [-0.1, -0.05) is 48.0 Å². The molecule has 7 heteroatoms. The van der Waals surface area contributed by atoms with Crippen molar-refractivity contribution in [3.05, 3.63) is 65.7 Å². The van der Waals surface area contributed by atoms with Crippen LogP contribution >= 0.6 is 0 Å². The van der Waals surface area contributed by atoms with Gasteiger partial charge in [-0.05, 0) is 24.6 Å². The molecule has 0 aliphatic carbocycles. The van der Waals surface area contributed by atoms with Crippen molar-refractivity contribution in [1.82, 2.24) is 9.62 Å². The van der Waals surface area contributed by atoms with Gasteiger partial charge >= 0.3 is 0 Å². The fourth-order valence-corrected chi connectivity index (χ4v) is 4.27. The molecule has 2 aromatic carbocycles. The van der Waals surface area contributed by atoms with Crippen molar-refractivity contribution >= 4 is 21.6 Å². The van der Waals surface area contributed by atoms with Crippen molar-refractivity contribution in [2.75, 3.05) is 37.6 Å². The van der Waals surface area contributed by atoms with Crippen LogP contribution in [0.25, 0.3) is 0 Å². The molecule has 1 heterocycles. The molecule has 1 aliphatic rings. The fourth-order valence-electron chi connectivity index (χ4n) is 3.21. The Morgan fingerprint density at radius 2 is 1.70 bits per heavy atom. The molecule has 0 spiro atoms. The second kappa shape index (κ2) is 8.54. The van der Waals surface area contributed by atoms with Gasteiger partial charge in [0.05, 0.1) is 12.3 Å². The number of carbonyl (C=O) groups excluding carboxylic acids is 1. The number of hydrogen-bond donors (Lipinski definition) is 1. The van der Waals surface area contributed by atoms with Gasteiger partial charge in [0.1, 0.15) is 0 Å². The highest BCUT2D eigenvalue weighted by Gasteiger charge is 2.22. The Bertz CT molecular complexity index is 876. The quantitative estimate of drug-likeness (QED) is 0.820. The number of nitrogens with one attached hydrogen (secondary N) is 1. The molecule has 144 valence electrons. The highest BCUT2D eigenvalue weighted by Crippen LogP contribution is 2.15. The van der Waals surface area contributed by atoms with Gasteiger partial charge < -0.3 is 9.80 Å². The molecule has 0 atom stereocenters. The van der Waals surface area contributed by atoms with Crippen LogP contribution in [0.1, 0.15) is 11.1 Å². The maximum Gasteiger partial charge on any atom is 0.237 e. The van der Waals surface area contributed by atoms with E-state index in [-0.39, 0.29) is 18.2 Å². The predicted octanol–water partition coefficient (Wildman–Crippen LogP) is 1.76. The largest absolute Gasteiger partial charge is 0.368 e. The van der Waals surface area contributed by atoms with Crippen LogP contribution in [0.3, 0.4) is 0 Å². The average molecular weight is 388 g/mol. The molecule has 3 rings (SSSR count). The normalized spacial score (nSPS) is 15.0. The van der Waals surface area contributed by atoms with Gasteiger partial charge in [-0.15, -0.1) is 0 Å². The van der Waals surface area contributed by atoms with Crippen molar-refractivity contribution in [1.29, 1.82) is 0 Å². The highest BCUT2D eigenvalue weighted by molar-refractivity contribution is 7.88. The number of para-hydroxylation sites is 1. The molecule has 27 heavy (non-hydrogen) atoms. The number of anilines is 1. The molecule has 0 bridgehead atoms. The Morgan fingerprint density at radius 3 is 2.37 bits per heavy atom. The lowest BCUT2D eigenvalue weighted by Crippen LogP contribution is -2.51. The van der Waals surface area contributed by atoms with Crippen molar-refractivity contribution in [2.45, 2.75) is 12.7 Å².